The molecule has 0 aromatic heterocycles. The number of carbonyl (C=O) groups is 1. The Morgan fingerprint density at radius 2 is 2.11 bits per heavy atom. The number of para-hydroxylation sites is 1. The highest BCUT2D eigenvalue weighted by molar-refractivity contribution is 5.81. The van der Waals surface area contributed by atoms with E-state index >= 15 is 0 Å². The van der Waals surface area contributed by atoms with Crippen LogP contribution in [0.3, 0.4) is 0 Å². The van der Waals surface area contributed by atoms with Crippen molar-refractivity contribution in [3.63, 3.8) is 0 Å². The molecular weight excluding hydrogens is 242 g/mol. The largest absolute Gasteiger partial charge is 0.493 e. The van der Waals surface area contributed by atoms with Gasteiger partial charge in [0.15, 0.2) is 17.8 Å². The zero-order valence-corrected chi connectivity index (χ0v) is 11.4. The smallest absolute Gasteiger partial charge is 0.171 e. The van der Waals surface area contributed by atoms with Crippen LogP contribution in [-0.2, 0) is 0 Å². The lowest BCUT2D eigenvalue weighted by Gasteiger charge is -2.16. The Balaban J connectivity index is 1.85. The lowest BCUT2D eigenvalue weighted by Crippen LogP contribution is -2.22. The molecular formula is C15H21NO3. The van der Waals surface area contributed by atoms with Crippen LogP contribution < -0.4 is 9.47 Å². The Bertz CT molecular complexity index is 414. The van der Waals surface area contributed by atoms with Crippen LogP contribution in [0.15, 0.2) is 18.2 Å². The van der Waals surface area contributed by atoms with Gasteiger partial charge in [0.1, 0.15) is 0 Å². The van der Waals surface area contributed by atoms with Gasteiger partial charge in [0.25, 0.3) is 0 Å². The Kier molecular flexibility index (Phi) is 5.21. The molecule has 0 saturated carbocycles. The van der Waals surface area contributed by atoms with Gasteiger partial charge in [-0.3, -0.25) is 4.79 Å². The van der Waals surface area contributed by atoms with Gasteiger partial charge in [-0.15, -0.1) is 0 Å². The monoisotopic (exact) mass is 263 g/mol. The van der Waals surface area contributed by atoms with Gasteiger partial charge in [0.05, 0.1) is 19.3 Å². The molecule has 0 bridgehead atoms. The molecule has 1 aromatic carbocycles. The van der Waals surface area contributed by atoms with Gasteiger partial charge in [-0.05, 0) is 44.5 Å². The molecule has 0 radical (unpaired) electrons. The van der Waals surface area contributed by atoms with E-state index in [1.54, 1.807) is 19.2 Å². The summed E-state index contributed by atoms with van der Waals surface area (Å²) in [6.45, 7) is 4.08. The summed E-state index contributed by atoms with van der Waals surface area (Å²) >= 11 is 0. The molecule has 1 aromatic rings. The Hall–Kier alpha value is -1.55. The minimum Gasteiger partial charge on any atom is -0.493 e. The summed E-state index contributed by atoms with van der Waals surface area (Å²) in [6, 6.07) is 5.34. The van der Waals surface area contributed by atoms with Crippen LogP contribution in [0.2, 0.25) is 0 Å². The number of hydrogen-bond donors (Lipinski definition) is 0. The predicted molar refractivity (Wildman–Crippen MR) is 74.2 cm³/mol. The van der Waals surface area contributed by atoms with E-state index in [1.807, 2.05) is 6.07 Å². The number of methoxy groups -OCH3 is 1. The number of carbonyl (C=O) groups excluding carboxylic acids is 1. The molecule has 0 unspecified atom stereocenters. The lowest BCUT2D eigenvalue weighted by atomic mass is 10.2. The third-order valence-corrected chi connectivity index (χ3v) is 3.42. The van der Waals surface area contributed by atoms with Crippen molar-refractivity contribution in [1.29, 1.82) is 0 Å². The summed E-state index contributed by atoms with van der Waals surface area (Å²) in [6.07, 6.45) is 4.39. The molecule has 1 saturated heterocycles. The fourth-order valence-electron chi connectivity index (χ4n) is 2.41. The lowest BCUT2D eigenvalue weighted by molar-refractivity contribution is 0.111. The number of benzene rings is 1. The fraction of sp³-hybridized carbons (Fsp3) is 0.533. The quantitative estimate of drug-likeness (QED) is 0.559. The standard InChI is InChI=1S/C15H21NO3/c1-18-14-7-4-6-13(12-17)15(14)19-11-5-10-16-8-2-3-9-16/h4,6-7,12H,2-3,5,8-11H2,1H3. The highest BCUT2D eigenvalue weighted by Gasteiger charge is 2.12. The first-order chi connectivity index (χ1) is 9.35. The van der Waals surface area contributed by atoms with Crippen LogP contribution in [0.1, 0.15) is 29.6 Å². The van der Waals surface area contributed by atoms with Crippen molar-refractivity contribution in [3.8, 4) is 11.5 Å². The molecule has 4 nitrogen and oxygen atoms in total. The van der Waals surface area contributed by atoms with Crippen LogP contribution in [-0.4, -0.2) is 44.5 Å². The van der Waals surface area contributed by atoms with Crippen molar-refractivity contribution >= 4 is 6.29 Å². The van der Waals surface area contributed by atoms with Crippen molar-refractivity contribution in [3.05, 3.63) is 23.8 Å². The molecule has 1 fully saturated rings. The van der Waals surface area contributed by atoms with Gasteiger partial charge in [0, 0.05) is 6.54 Å². The SMILES string of the molecule is COc1cccc(C=O)c1OCCCN1CCCC1. The number of likely N-dealkylation sites (tertiary alicyclic amines) is 1. The summed E-state index contributed by atoms with van der Waals surface area (Å²) in [5, 5.41) is 0. The van der Waals surface area contributed by atoms with Crippen LogP contribution in [0, 0.1) is 0 Å². The summed E-state index contributed by atoms with van der Waals surface area (Å²) in [7, 11) is 1.58. The molecule has 1 aliphatic heterocycles. The molecule has 0 spiro atoms. The predicted octanol–water partition coefficient (Wildman–Crippen LogP) is 2.37. The van der Waals surface area contributed by atoms with E-state index in [2.05, 4.69) is 4.90 Å². The number of nitrogens with zero attached hydrogens (tertiary/aromatic N) is 1. The maximum Gasteiger partial charge on any atom is 0.171 e. The normalized spacial score (nSPS) is 15.4. The third kappa shape index (κ3) is 3.70. The topological polar surface area (TPSA) is 38.8 Å². The van der Waals surface area contributed by atoms with E-state index in [-0.39, 0.29) is 0 Å². The number of ether oxygens (including phenoxy) is 2. The van der Waals surface area contributed by atoms with Gasteiger partial charge in [0.2, 0.25) is 0 Å². The van der Waals surface area contributed by atoms with Crippen LogP contribution >= 0.6 is 0 Å². The second kappa shape index (κ2) is 7.14. The zero-order chi connectivity index (χ0) is 13.5. The summed E-state index contributed by atoms with van der Waals surface area (Å²) in [5.74, 6) is 1.17. The molecule has 19 heavy (non-hydrogen) atoms. The number of hydrogen-bond acceptors (Lipinski definition) is 4. The number of rotatable bonds is 7. The van der Waals surface area contributed by atoms with E-state index in [0.29, 0.717) is 23.7 Å². The van der Waals surface area contributed by atoms with Crippen molar-refractivity contribution < 1.29 is 14.3 Å². The molecule has 4 heteroatoms. The summed E-state index contributed by atoms with van der Waals surface area (Å²) in [4.78, 5) is 13.4. The van der Waals surface area contributed by atoms with Crippen LogP contribution in [0.4, 0.5) is 0 Å². The zero-order valence-electron chi connectivity index (χ0n) is 11.4. The summed E-state index contributed by atoms with van der Waals surface area (Å²) < 4.78 is 11.0. The average molecular weight is 263 g/mol. The maximum atomic E-state index is 11.0. The third-order valence-electron chi connectivity index (χ3n) is 3.42. The van der Waals surface area contributed by atoms with Gasteiger partial charge in [-0.1, -0.05) is 6.07 Å². The Morgan fingerprint density at radius 3 is 2.79 bits per heavy atom. The average Bonchev–Trinajstić information content (AvgIpc) is 2.96. The van der Waals surface area contributed by atoms with E-state index in [0.717, 1.165) is 19.3 Å². The molecule has 0 atom stereocenters. The number of aldehydes is 1. The molecule has 1 aliphatic rings. The van der Waals surface area contributed by atoms with Crippen molar-refractivity contribution in [2.75, 3.05) is 33.4 Å². The minimum absolute atomic E-state index is 0.542. The minimum atomic E-state index is 0.542. The molecule has 0 aliphatic carbocycles. The maximum absolute atomic E-state index is 11.0. The molecule has 2 rings (SSSR count). The van der Waals surface area contributed by atoms with Crippen molar-refractivity contribution in [1.82, 2.24) is 4.90 Å². The molecule has 1 heterocycles. The molecule has 0 amide bonds. The fourth-order valence-corrected chi connectivity index (χ4v) is 2.41. The van der Waals surface area contributed by atoms with Gasteiger partial charge >= 0.3 is 0 Å². The van der Waals surface area contributed by atoms with E-state index in [9.17, 15) is 4.79 Å². The second-order valence-electron chi connectivity index (χ2n) is 4.75. The van der Waals surface area contributed by atoms with Gasteiger partial charge in [-0.2, -0.15) is 0 Å². The second-order valence-corrected chi connectivity index (χ2v) is 4.75. The first-order valence-electron chi connectivity index (χ1n) is 6.82. The van der Waals surface area contributed by atoms with E-state index in [4.69, 9.17) is 9.47 Å². The van der Waals surface area contributed by atoms with Crippen molar-refractivity contribution in [2.45, 2.75) is 19.3 Å². The van der Waals surface area contributed by atoms with Crippen LogP contribution in [0.25, 0.3) is 0 Å². The molecule has 104 valence electrons. The first-order valence-corrected chi connectivity index (χ1v) is 6.82. The highest BCUT2D eigenvalue weighted by atomic mass is 16.5. The Labute approximate surface area is 114 Å². The van der Waals surface area contributed by atoms with Gasteiger partial charge < -0.3 is 14.4 Å². The molecule has 0 N–H and O–H groups in total. The van der Waals surface area contributed by atoms with E-state index < -0.39 is 0 Å². The first kappa shape index (κ1) is 13.9. The van der Waals surface area contributed by atoms with Crippen LogP contribution in [0.5, 0.6) is 11.5 Å². The summed E-state index contributed by atoms with van der Waals surface area (Å²) in [5.41, 5.74) is 0.542. The van der Waals surface area contributed by atoms with Crippen molar-refractivity contribution in [2.24, 2.45) is 0 Å². The Morgan fingerprint density at radius 1 is 1.32 bits per heavy atom. The highest BCUT2D eigenvalue weighted by Crippen LogP contribution is 2.30. The van der Waals surface area contributed by atoms with Gasteiger partial charge in [-0.25, -0.2) is 0 Å². The van der Waals surface area contributed by atoms with E-state index in [1.165, 1.54) is 25.9 Å².